The number of anilines is 1. The fourth-order valence-corrected chi connectivity index (χ4v) is 2.13. The van der Waals surface area contributed by atoms with Crippen molar-refractivity contribution in [1.82, 2.24) is 10.2 Å². The third kappa shape index (κ3) is 3.03. The predicted molar refractivity (Wildman–Crippen MR) is 67.8 cm³/mol. The van der Waals surface area contributed by atoms with Crippen molar-refractivity contribution in [2.75, 3.05) is 5.32 Å². The lowest BCUT2D eigenvalue weighted by Gasteiger charge is -2.15. The summed E-state index contributed by atoms with van der Waals surface area (Å²) in [7, 11) is 0. The number of hydrogen-bond donors (Lipinski definition) is 1. The Kier molecular flexibility index (Phi) is 3.88. The van der Waals surface area contributed by atoms with Gasteiger partial charge in [-0.1, -0.05) is 48.6 Å². The van der Waals surface area contributed by atoms with Crippen LogP contribution in [0.1, 0.15) is 18.9 Å². The van der Waals surface area contributed by atoms with Gasteiger partial charge in [-0.2, -0.15) is 0 Å². The van der Waals surface area contributed by atoms with E-state index in [2.05, 4.69) is 46.7 Å². The van der Waals surface area contributed by atoms with E-state index in [1.54, 1.807) is 16.8 Å². The summed E-state index contributed by atoms with van der Waals surface area (Å²) in [5, 5.41) is 12.1. The van der Waals surface area contributed by atoms with Crippen LogP contribution in [0.4, 0.5) is 5.13 Å². The summed E-state index contributed by atoms with van der Waals surface area (Å²) in [5.41, 5.74) is 3.10. The molecule has 84 valence electrons. The molecule has 1 aromatic heterocycles. The molecule has 0 fully saturated rings. The van der Waals surface area contributed by atoms with Crippen molar-refractivity contribution in [3.63, 3.8) is 0 Å². The standard InChI is InChI=1S/C12H15N3S/c1-2-11(14-12-15-13-9-16-12)8-10-6-4-3-5-7-10/h3-7,9,11H,2,8H2,1H3,(H,14,15). The monoisotopic (exact) mass is 233 g/mol. The molecule has 1 atom stereocenters. The van der Waals surface area contributed by atoms with Gasteiger partial charge in [0.1, 0.15) is 5.51 Å². The van der Waals surface area contributed by atoms with Gasteiger partial charge >= 0.3 is 0 Å². The van der Waals surface area contributed by atoms with Gasteiger partial charge in [-0.25, -0.2) is 0 Å². The first-order valence-corrected chi connectivity index (χ1v) is 6.33. The van der Waals surface area contributed by atoms with E-state index in [1.165, 1.54) is 5.56 Å². The zero-order valence-corrected chi connectivity index (χ0v) is 10.1. The fourth-order valence-electron chi connectivity index (χ4n) is 1.61. The van der Waals surface area contributed by atoms with E-state index in [0.717, 1.165) is 18.0 Å². The highest BCUT2D eigenvalue weighted by molar-refractivity contribution is 7.13. The summed E-state index contributed by atoms with van der Waals surface area (Å²) < 4.78 is 0. The highest BCUT2D eigenvalue weighted by atomic mass is 32.1. The number of nitrogens with zero attached hydrogens (tertiary/aromatic N) is 2. The molecule has 1 heterocycles. The van der Waals surface area contributed by atoms with Crippen LogP contribution >= 0.6 is 11.3 Å². The number of hydrogen-bond acceptors (Lipinski definition) is 4. The summed E-state index contributed by atoms with van der Waals surface area (Å²) in [6, 6.07) is 10.9. The molecule has 2 rings (SSSR count). The van der Waals surface area contributed by atoms with Crippen LogP contribution in [0.25, 0.3) is 0 Å². The minimum absolute atomic E-state index is 0.426. The van der Waals surface area contributed by atoms with Crippen LogP contribution in [0, 0.1) is 0 Å². The largest absolute Gasteiger partial charge is 0.357 e. The molecule has 4 heteroatoms. The third-order valence-corrected chi connectivity index (χ3v) is 3.13. The lowest BCUT2D eigenvalue weighted by Crippen LogP contribution is -2.21. The Morgan fingerprint density at radius 3 is 2.75 bits per heavy atom. The SMILES string of the molecule is CCC(Cc1ccccc1)Nc1nncs1. The van der Waals surface area contributed by atoms with Crippen LogP contribution in [0.2, 0.25) is 0 Å². The third-order valence-electron chi connectivity index (χ3n) is 2.51. The number of rotatable bonds is 5. The topological polar surface area (TPSA) is 37.8 Å². The summed E-state index contributed by atoms with van der Waals surface area (Å²) in [5.74, 6) is 0. The Balaban J connectivity index is 1.96. The van der Waals surface area contributed by atoms with Crippen LogP contribution in [0.15, 0.2) is 35.8 Å². The van der Waals surface area contributed by atoms with Gasteiger partial charge in [-0.15, -0.1) is 10.2 Å². The van der Waals surface area contributed by atoms with Gasteiger partial charge < -0.3 is 5.32 Å². The summed E-state index contributed by atoms with van der Waals surface area (Å²) in [6.07, 6.45) is 2.10. The van der Waals surface area contributed by atoms with Crippen LogP contribution in [0.3, 0.4) is 0 Å². The van der Waals surface area contributed by atoms with Crippen LogP contribution in [-0.4, -0.2) is 16.2 Å². The zero-order chi connectivity index (χ0) is 11.2. The van der Waals surface area contributed by atoms with Crippen LogP contribution < -0.4 is 5.32 Å². The molecule has 3 nitrogen and oxygen atoms in total. The summed E-state index contributed by atoms with van der Waals surface area (Å²) in [4.78, 5) is 0. The molecule has 0 saturated carbocycles. The molecule has 1 aromatic carbocycles. The van der Waals surface area contributed by atoms with E-state index < -0.39 is 0 Å². The Morgan fingerprint density at radius 2 is 2.12 bits per heavy atom. The van der Waals surface area contributed by atoms with Gasteiger partial charge in [0.25, 0.3) is 0 Å². The maximum atomic E-state index is 4.00. The Labute approximate surface area is 99.5 Å². The van der Waals surface area contributed by atoms with E-state index in [0.29, 0.717) is 6.04 Å². The van der Waals surface area contributed by atoms with E-state index in [-0.39, 0.29) is 0 Å². The van der Waals surface area contributed by atoms with Gasteiger partial charge in [-0.05, 0) is 18.4 Å². The van der Waals surface area contributed by atoms with E-state index in [4.69, 9.17) is 0 Å². The number of nitrogens with one attached hydrogen (secondary N) is 1. The minimum atomic E-state index is 0.426. The highest BCUT2D eigenvalue weighted by Gasteiger charge is 2.08. The Hall–Kier alpha value is -1.42. The molecule has 0 radical (unpaired) electrons. The van der Waals surface area contributed by atoms with Crippen molar-refractivity contribution >= 4 is 16.5 Å². The lowest BCUT2D eigenvalue weighted by molar-refractivity contribution is 0.688. The molecule has 0 aliphatic heterocycles. The lowest BCUT2D eigenvalue weighted by atomic mass is 10.0. The zero-order valence-electron chi connectivity index (χ0n) is 9.26. The Bertz CT molecular complexity index is 399. The van der Waals surface area contributed by atoms with Gasteiger partial charge in [-0.3, -0.25) is 0 Å². The van der Waals surface area contributed by atoms with Gasteiger partial charge in [0, 0.05) is 6.04 Å². The first-order valence-electron chi connectivity index (χ1n) is 5.45. The van der Waals surface area contributed by atoms with Crippen molar-refractivity contribution < 1.29 is 0 Å². The Morgan fingerprint density at radius 1 is 1.31 bits per heavy atom. The molecule has 1 unspecified atom stereocenters. The smallest absolute Gasteiger partial charge is 0.205 e. The molecular weight excluding hydrogens is 218 g/mol. The molecule has 16 heavy (non-hydrogen) atoms. The average molecular weight is 233 g/mol. The van der Waals surface area contributed by atoms with Crippen molar-refractivity contribution in [3.8, 4) is 0 Å². The van der Waals surface area contributed by atoms with E-state index in [1.807, 2.05) is 6.07 Å². The van der Waals surface area contributed by atoms with Gasteiger partial charge in [0.05, 0.1) is 0 Å². The van der Waals surface area contributed by atoms with Crippen LogP contribution in [-0.2, 0) is 6.42 Å². The molecular formula is C12H15N3S. The molecule has 0 saturated heterocycles. The molecule has 0 bridgehead atoms. The quantitative estimate of drug-likeness (QED) is 0.862. The fraction of sp³-hybridized carbons (Fsp3) is 0.333. The van der Waals surface area contributed by atoms with Crippen molar-refractivity contribution in [3.05, 3.63) is 41.4 Å². The van der Waals surface area contributed by atoms with Crippen LogP contribution in [0.5, 0.6) is 0 Å². The van der Waals surface area contributed by atoms with E-state index >= 15 is 0 Å². The number of aromatic nitrogens is 2. The summed E-state index contributed by atoms with van der Waals surface area (Å²) >= 11 is 1.54. The minimum Gasteiger partial charge on any atom is -0.357 e. The van der Waals surface area contributed by atoms with Gasteiger partial charge in [0.2, 0.25) is 5.13 Å². The second kappa shape index (κ2) is 5.61. The average Bonchev–Trinajstić information content (AvgIpc) is 2.82. The first kappa shape index (κ1) is 11.1. The second-order valence-corrected chi connectivity index (χ2v) is 4.52. The maximum Gasteiger partial charge on any atom is 0.205 e. The predicted octanol–water partition coefficient (Wildman–Crippen LogP) is 2.97. The first-order chi connectivity index (χ1) is 7.88. The van der Waals surface area contributed by atoms with E-state index in [9.17, 15) is 0 Å². The van der Waals surface area contributed by atoms with Crippen molar-refractivity contribution in [2.24, 2.45) is 0 Å². The normalized spacial score (nSPS) is 12.3. The summed E-state index contributed by atoms with van der Waals surface area (Å²) in [6.45, 7) is 2.18. The molecule has 0 amide bonds. The van der Waals surface area contributed by atoms with Crippen molar-refractivity contribution in [1.29, 1.82) is 0 Å². The second-order valence-electron chi connectivity index (χ2n) is 3.68. The molecule has 0 aliphatic rings. The van der Waals surface area contributed by atoms with Crippen molar-refractivity contribution in [2.45, 2.75) is 25.8 Å². The number of benzene rings is 1. The highest BCUT2D eigenvalue weighted by Crippen LogP contribution is 2.14. The molecule has 2 aromatic rings. The molecule has 0 aliphatic carbocycles. The maximum absolute atomic E-state index is 4.00. The molecule has 1 N–H and O–H groups in total. The molecule has 0 spiro atoms. The van der Waals surface area contributed by atoms with Gasteiger partial charge in [0.15, 0.2) is 0 Å².